The third-order valence-electron chi connectivity index (χ3n) is 5.49. The average Bonchev–Trinajstić information content (AvgIpc) is 2.69. The molecule has 1 saturated carbocycles. The van der Waals surface area contributed by atoms with E-state index in [1.807, 2.05) is 18.2 Å². The van der Waals surface area contributed by atoms with Gasteiger partial charge in [-0.05, 0) is 60.7 Å². The number of hydrogen-bond acceptors (Lipinski definition) is 3. The van der Waals surface area contributed by atoms with Crippen LogP contribution < -0.4 is 5.32 Å². The molecule has 1 aliphatic rings. The smallest absolute Gasteiger partial charge is 0.337 e. The van der Waals surface area contributed by atoms with Crippen molar-refractivity contribution in [3.8, 4) is 0 Å². The fraction of sp³-hybridized carbons (Fsp3) is 0.273. The second kappa shape index (κ2) is 7.91. The number of rotatable bonds is 4. The first-order valence-corrected chi connectivity index (χ1v) is 10.3. The Morgan fingerprint density at radius 3 is 2.60 bits per heavy atom. The van der Waals surface area contributed by atoms with Crippen LogP contribution in [0, 0.1) is 5.82 Å². The molecule has 4 rings (SSSR count). The van der Waals surface area contributed by atoms with E-state index in [9.17, 15) is 23.1 Å². The van der Waals surface area contributed by atoms with Gasteiger partial charge in [0.25, 0.3) is 0 Å². The normalized spacial score (nSPS) is 16.5. The molecular formula is C22H18BrF3N2O2. The van der Waals surface area contributed by atoms with Gasteiger partial charge < -0.3 is 10.4 Å². The molecular weight excluding hydrogens is 461 g/mol. The fourth-order valence-corrected chi connectivity index (χ4v) is 4.28. The molecule has 8 heteroatoms. The van der Waals surface area contributed by atoms with Gasteiger partial charge in [0.2, 0.25) is 5.92 Å². The molecule has 1 aromatic heterocycles. The predicted octanol–water partition coefficient (Wildman–Crippen LogP) is 6.87. The van der Waals surface area contributed by atoms with Crippen LogP contribution in [0.3, 0.4) is 0 Å². The highest BCUT2D eigenvalue weighted by atomic mass is 79.9. The zero-order chi connectivity index (χ0) is 21.5. The van der Waals surface area contributed by atoms with Crippen LogP contribution in [-0.4, -0.2) is 22.0 Å². The molecule has 30 heavy (non-hydrogen) atoms. The van der Waals surface area contributed by atoms with Crippen molar-refractivity contribution in [1.82, 2.24) is 4.98 Å². The summed E-state index contributed by atoms with van der Waals surface area (Å²) >= 11 is 3.44. The van der Waals surface area contributed by atoms with Crippen molar-refractivity contribution >= 4 is 44.2 Å². The van der Waals surface area contributed by atoms with Crippen molar-refractivity contribution in [2.45, 2.75) is 37.5 Å². The lowest BCUT2D eigenvalue weighted by atomic mass is 9.81. The first kappa shape index (κ1) is 20.7. The Kier molecular flexibility index (Phi) is 5.44. The number of halogens is 4. The summed E-state index contributed by atoms with van der Waals surface area (Å²) < 4.78 is 41.8. The second-order valence-corrected chi connectivity index (χ2v) is 8.42. The van der Waals surface area contributed by atoms with Gasteiger partial charge >= 0.3 is 5.97 Å². The van der Waals surface area contributed by atoms with Gasteiger partial charge in [-0.2, -0.15) is 0 Å². The number of aromatic nitrogens is 1. The SMILES string of the molecule is O=C(O)c1cc(F)ccc1Nc1c(C2CCC(F)(F)CC2)cnc2ccc(Br)cc12. The molecule has 3 aromatic rings. The molecule has 0 atom stereocenters. The van der Waals surface area contributed by atoms with Crippen molar-refractivity contribution in [2.24, 2.45) is 0 Å². The molecule has 0 aliphatic heterocycles. The lowest BCUT2D eigenvalue weighted by molar-refractivity contribution is -0.0381. The van der Waals surface area contributed by atoms with E-state index in [1.165, 1.54) is 12.1 Å². The van der Waals surface area contributed by atoms with Crippen LogP contribution in [-0.2, 0) is 0 Å². The summed E-state index contributed by atoms with van der Waals surface area (Å²) in [5.41, 5.74) is 2.03. The fourth-order valence-electron chi connectivity index (χ4n) is 3.92. The molecule has 1 fully saturated rings. The first-order chi connectivity index (χ1) is 14.2. The number of hydrogen-bond donors (Lipinski definition) is 2. The van der Waals surface area contributed by atoms with Gasteiger partial charge in [-0.25, -0.2) is 18.0 Å². The van der Waals surface area contributed by atoms with Gasteiger partial charge in [0.05, 0.1) is 22.5 Å². The molecule has 0 amide bonds. The number of carboxylic acids is 1. The maximum atomic E-state index is 13.7. The number of nitrogens with one attached hydrogen (secondary N) is 1. The molecule has 156 valence electrons. The monoisotopic (exact) mass is 478 g/mol. The van der Waals surface area contributed by atoms with Crippen LogP contribution in [0.2, 0.25) is 0 Å². The van der Waals surface area contributed by atoms with Crippen molar-refractivity contribution in [2.75, 3.05) is 5.32 Å². The Morgan fingerprint density at radius 1 is 1.17 bits per heavy atom. The van der Waals surface area contributed by atoms with Gasteiger partial charge in [-0.3, -0.25) is 4.98 Å². The standard InChI is InChI=1S/C22H18BrF3N2O2/c23-13-1-3-18-15(9-13)20(28-19-4-2-14(24)10-16(19)21(29)30)17(11-27-18)12-5-7-22(25,26)8-6-12/h1-4,9-12H,5-8H2,(H,27,28)(H,29,30). The van der Waals surface area contributed by atoms with E-state index in [0.717, 1.165) is 21.5 Å². The number of benzene rings is 2. The maximum absolute atomic E-state index is 13.7. The molecule has 0 radical (unpaired) electrons. The molecule has 0 saturated heterocycles. The summed E-state index contributed by atoms with van der Waals surface area (Å²) in [7, 11) is 0. The van der Waals surface area contributed by atoms with E-state index in [1.54, 1.807) is 6.20 Å². The Labute approximate surface area is 179 Å². The van der Waals surface area contributed by atoms with Gasteiger partial charge in [0.1, 0.15) is 5.82 Å². The molecule has 4 nitrogen and oxygen atoms in total. The predicted molar refractivity (Wildman–Crippen MR) is 112 cm³/mol. The van der Waals surface area contributed by atoms with Gasteiger partial charge in [0.15, 0.2) is 0 Å². The van der Waals surface area contributed by atoms with Crippen LogP contribution in [0.4, 0.5) is 24.5 Å². The third-order valence-corrected chi connectivity index (χ3v) is 5.98. The van der Waals surface area contributed by atoms with Gasteiger partial charge in [-0.15, -0.1) is 0 Å². The zero-order valence-corrected chi connectivity index (χ0v) is 17.3. The number of carbonyl (C=O) groups is 1. The van der Waals surface area contributed by atoms with Crippen LogP contribution in [0.5, 0.6) is 0 Å². The molecule has 0 bridgehead atoms. The lowest BCUT2D eigenvalue weighted by Gasteiger charge is -2.30. The van der Waals surface area contributed by atoms with E-state index >= 15 is 0 Å². The molecule has 2 N–H and O–H groups in total. The minimum Gasteiger partial charge on any atom is -0.478 e. The molecule has 0 spiro atoms. The second-order valence-electron chi connectivity index (χ2n) is 7.50. The van der Waals surface area contributed by atoms with Gasteiger partial charge in [0, 0.05) is 28.9 Å². The average molecular weight is 479 g/mol. The number of carboxylic acid groups (broad SMARTS) is 1. The number of alkyl halides is 2. The van der Waals surface area contributed by atoms with Crippen LogP contribution in [0.15, 0.2) is 47.1 Å². The summed E-state index contributed by atoms with van der Waals surface area (Å²) in [6, 6.07) is 8.98. The van der Waals surface area contributed by atoms with E-state index < -0.39 is 17.7 Å². The number of anilines is 2. The largest absolute Gasteiger partial charge is 0.478 e. The Hall–Kier alpha value is -2.61. The number of pyridine rings is 1. The van der Waals surface area contributed by atoms with Crippen molar-refractivity contribution in [3.63, 3.8) is 0 Å². The summed E-state index contributed by atoms with van der Waals surface area (Å²) in [6.45, 7) is 0. The third kappa shape index (κ3) is 4.14. The van der Waals surface area contributed by atoms with Gasteiger partial charge in [-0.1, -0.05) is 15.9 Å². The minimum atomic E-state index is -2.66. The van der Waals surface area contributed by atoms with Crippen LogP contribution in [0.1, 0.15) is 47.5 Å². The highest BCUT2D eigenvalue weighted by Crippen LogP contribution is 2.45. The van der Waals surface area contributed by atoms with Crippen molar-refractivity contribution in [3.05, 3.63) is 64.0 Å². The number of nitrogens with zero attached hydrogens (tertiary/aromatic N) is 1. The first-order valence-electron chi connectivity index (χ1n) is 9.49. The Bertz CT molecular complexity index is 1130. The molecule has 2 aromatic carbocycles. The molecule has 0 unspecified atom stereocenters. The summed E-state index contributed by atoms with van der Waals surface area (Å²) in [5, 5.41) is 13.4. The van der Waals surface area contributed by atoms with Crippen LogP contribution in [0.25, 0.3) is 10.9 Å². The number of fused-ring (bicyclic) bond motifs is 1. The van der Waals surface area contributed by atoms with E-state index in [0.29, 0.717) is 24.0 Å². The highest BCUT2D eigenvalue weighted by molar-refractivity contribution is 9.10. The van der Waals surface area contributed by atoms with Crippen molar-refractivity contribution in [1.29, 1.82) is 0 Å². The van der Waals surface area contributed by atoms with E-state index in [-0.39, 0.29) is 30.0 Å². The van der Waals surface area contributed by atoms with Crippen molar-refractivity contribution < 1.29 is 23.1 Å². The minimum absolute atomic E-state index is 0.142. The highest BCUT2D eigenvalue weighted by Gasteiger charge is 2.36. The number of aromatic carboxylic acids is 1. The Balaban J connectivity index is 1.85. The molecule has 1 heterocycles. The maximum Gasteiger partial charge on any atom is 0.337 e. The summed E-state index contributed by atoms with van der Waals surface area (Å²) in [6.07, 6.45) is 1.86. The van der Waals surface area contributed by atoms with Crippen LogP contribution >= 0.6 is 15.9 Å². The van der Waals surface area contributed by atoms with E-state index in [4.69, 9.17) is 0 Å². The summed E-state index contributed by atoms with van der Waals surface area (Å²) in [4.78, 5) is 16.1. The lowest BCUT2D eigenvalue weighted by Crippen LogP contribution is -2.24. The summed E-state index contributed by atoms with van der Waals surface area (Å²) in [5.74, 6) is -4.73. The Morgan fingerprint density at radius 2 is 1.90 bits per heavy atom. The zero-order valence-electron chi connectivity index (χ0n) is 15.8. The van der Waals surface area contributed by atoms with E-state index in [2.05, 4.69) is 26.2 Å². The quantitative estimate of drug-likeness (QED) is 0.429. The topological polar surface area (TPSA) is 62.2 Å². The molecule has 1 aliphatic carbocycles.